The highest BCUT2D eigenvalue weighted by Gasteiger charge is 2.16. The van der Waals surface area contributed by atoms with E-state index in [0.29, 0.717) is 22.7 Å². The topological polar surface area (TPSA) is 73.2 Å². The maximum Gasteiger partial charge on any atom is 0.261 e. The van der Waals surface area contributed by atoms with Gasteiger partial charge in [-0.1, -0.05) is 12.1 Å². The molecule has 0 bridgehead atoms. The lowest BCUT2D eigenvalue weighted by molar-refractivity contribution is -0.116. The average Bonchev–Trinajstić information content (AvgIpc) is 3.23. The summed E-state index contributed by atoms with van der Waals surface area (Å²) in [7, 11) is 0. The van der Waals surface area contributed by atoms with Crippen LogP contribution < -0.4 is 15.6 Å². The van der Waals surface area contributed by atoms with Gasteiger partial charge < -0.3 is 10.1 Å². The van der Waals surface area contributed by atoms with Crippen LogP contribution >= 0.6 is 0 Å². The van der Waals surface area contributed by atoms with Crippen molar-refractivity contribution in [2.45, 2.75) is 51.7 Å². The number of aromatic nitrogens is 2. The molecule has 4 rings (SSSR count). The highest BCUT2D eigenvalue weighted by atomic mass is 16.5. The van der Waals surface area contributed by atoms with Gasteiger partial charge in [0.2, 0.25) is 5.91 Å². The van der Waals surface area contributed by atoms with Crippen LogP contribution in [0.2, 0.25) is 0 Å². The molecular weight excluding hydrogens is 366 g/mol. The Balaban J connectivity index is 1.35. The lowest BCUT2D eigenvalue weighted by Gasteiger charge is -2.13. The SMILES string of the molecule is Cc1cccc2c(=O)n(CCC(=O)Nc3ccc(OC4CCCC4)cc3)cnc12. The van der Waals surface area contributed by atoms with E-state index in [2.05, 4.69) is 10.3 Å². The Labute approximate surface area is 169 Å². The lowest BCUT2D eigenvalue weighted by Crippen LogP contribution is -2.23. The van der Waals surface area contributed by atoms with Crippen LogP contribution in [-0.2, 0) is 11.3 Å². The van der Waals surface area contributed by atoms with Gasteiger partial charge in [-0.25, -0.2) is 4.98 Å². The van der Waals surface area contributed by atoms with Crippen molar-refractivity contribution in [1.82, 2.24) is 9.55 Å². The van der Waals surface area contributed by atoms with Gasteiger partial charge in [0.1, 0.15) is 5.75 Å². The number of para-hydroxylation sites is 1. The zero-order valence-electron chi connectivity index (χ0n) is 16.6. The first kappa shape index (κ1) is 19.2. The van der Waals surface area contributed by atoms with E-state index in [4.69, 9.17) is 4.74 Å². The second kappa shape index (κ2) is 8.47. The van der Waals surface area contributed by atoms with Crippen molar-refractivity contribution in [3.05, 3.63) is 64.7 Å². The minimum Gasteiger partial charge on any atom is -0.490 e. The van der Waals surface area contributed by atoms with Crippen LogP contribution in [0.4, 0.5) is 5.69 Å². The highest BCUT2D eigenvalue weighted by molar-refractivity contribution is 5.90. The fraction of sp³-hybridized carbons (Fsp3) is 0.348. The monoisotopic (exact) mass is 391 g/mol. The van der Waals surface area contributed by atoms with Gasteiger partial charge in [-0.05, 0) is 68.5 Å². The van der Waals surface area contributed by atoms with Crippen LogP contribution in [0.15, 0.2) is 53.6 Å². The van der Waals surface area contributed by atoms with Crippen LogP contribution in [-0.4, -0.2) is 21.6 Å². The van der Waals surface area contributed by atoms with E-state index in [1.807, 2.05) is 43.3 Å². The summed E-state index contributed by atoms with van der Waals surface area (Å²) in [5.41, 5.74) is 2.26. The maximum absolute atomic E-state index is 12.6. The third kappa shape index (κ3) is 4.47. The van der Waals surface area contributed by atoms with Gasteiger partial charge in [0.05, 0.1) is 23.3 Å². The zero-order chi connectivity index (χ0) is 20.2. The number of ether oxygens (including phenoxy) is 1. The van der Waals surface area contributed by atoms with Crippen LogP contribution in [0.1, 0.15) is 37.7 Å². The number of benzene rings is 2. The molecule has 2 aromatic carbocycles. The molecular formula is C23H25N3O3. The quantitative estimate of drug-likeness (QED) is 0.688. The second-order valence-corrected chi connectivity index (χ2v) is 7.56. The minimum atomic E-state index is -0.147. The molecule has 1 heterocycles. The number of aryl methyl sites for hydroxylation is 2. The van der Waals surface area contributed by atoms with Gasteiger partial charge in [-0.2, -0.15) is 0 Å². The Hall–Kier alpha value is -3.15. The van der Waals surface area contributed by atoms with E-state index in [1.54, 1.807) is 6.07 Å². The molecule has 3 aromatic rings. The van der Waals surface area contributed by atoms with Crippen LogP contribution in [0.3, 0.4) is 0 Å². The minimum absolute atomic E-state index is 0.125. The van der Waals surface area contributed by atoms with Gasteiger partial charge in [0.15, 0.2) is 0 Å². The maximum atomic E-state index is 12.6. The van der Waals surface area contributed by atoms with Gasteiger partial charge >= 0.3 is 0 Å². The smallest absolute Gasteiger partial charge is 0.261 e. The number of carbonyl (C=O) groups excluding carboxylic acids is 1. The number of hydrogen-bond acceptors (Lipinski definition) is 4. The Morgan fingerprint density at radius 2 is 1.93 bits per heavy atom. The molecule has 0 unspecified atom stereocenters. The predicted molar refractivity (Wildman–Crippen MR) is 113 cm³/mol. The summed E-state index contributed by atoms with van der Waals surface area (Å²) in [6, 6.07) is 13.0. The van der Waals surface area contributed by atoms with E-state index in [0.717, 1.165) is 24.2 Å². The van der Waals surface area contributed by atoms with E-state index >= 15 is 0 Å². The molecule has 0 radical (unpaired) electrons. The summed E-state index contributed by atoms with van der Waals surface area (Å²) < 4.78 is 7.43. The Bertz CT molecular complexity index is 1070. The number of amides is 1. The summed E-state index contributed by atoms with van der Waals surface area (Å²) in [5.74, 6) is 0.685. The summed E-state index contributed by atoms with van der Waals surface area (Å²) in [6.07, 6.45) is 6.71. The summed E-state index contributed by atoms with van der Waals surface area (Å²) in [4.78, 5) is 29.3. The fourth-order valence-electron chi connectivity index (χ4n) is 3.76. The number of anilines is 1. The van der Waals surface area contributed by atoms with E-state index in [-0.39, 0.29) is 24.4 Å². The molecule has 1 aliphatic carbocycles. The Morgan fingerprint density at radius 1 is 1.17 bits per heavy atom. The highest BCUT2D eigenvalue weighted by Crippen LogP contribution is 2.25. The number of fused-ring (bicyclic) bond motifs is 1. The molecule has 0 atom stereocenters. The average molecular weight is 391 g/mol. The molecule has 150 valence electrons. The van der Waals surface area contributed by atoms with Gasteiger partial charge in [0.25, 0.3) is 5.56 Å². The summed E-state index contributed by atoms with van der Waals surface area (Å²) >= 11 is 0. The largest absolute Gasteiger partial charge is 0.490 e. The van der Waals surface area contributed by atoms with Gasteiger partial charge in [-0.3, -0.25) is 14.2 Å². The molecule has 6 nitrogen and oxygen atoms in total. The van der Waals surface area contributed by atoms with Crippen molar-refractivity contribution < 1.29 is 9.53 Å². The predicted octanol–water partition coefficient (Wildman–Crippen LogP) is 4.06. The normalized spacial score (nSPS) is 14.2. The second-order valence-electron chi connectivity index (χ2n) is 7.56. The molecule has 0 aliphatic heterocycles. The molecule has 0 spiro atoms. The number of carbonyl (C=O) groups is 1. The van der Waals surface area contributed by atoms with Crippen molar-refractivity contribution in [2.75, 3.05) is 5.32 Å². The first-order valence-electron chi connectivity index (χ1n) is 10.1. The van der Waals surface area contributed by atoms with Crippen LogP contribution in [0.5, 0.6) is 5.75 Å². The van der Waals surface area contributed by atoms with Crippen molar-refractivity contribution in [3.8, 4) is 5.75 Å². The molecule has 29 heavy (non-hydrogen) atoms. The fourth-order valence-corrected chi connectivity index (χ4v) is 3.76. The van der Waals surface area contributed by atoms with Gasteiger partial charge in [0, 0.05) is 18.7 Å². The zero-order valence-corrected chi connectivity index (χ0v) is 16.6. The molecule has 0 saturated heterocycles. The van der Waals surface area contributed by atoms with Crippen LogP contribution in [0, 0.1) is 6.92 Å². The number of hydrogen-bond donors (Lipinski definition) is 1. The third-order valence-electron chi connectivity index (χ3n) is 5.38. The molecule has 1 aromatic heterocycles. The van der Waals surface area contributed by atoms with Crippen molar-refractivity contribution >= 4 is 22.5 Å². The molecule has 1 amide bonds. The first-order chi connectivity index (χ1) is 14.1. The van der Waals surface area contributed by atoms with Crippen molar-refractivity contribution in [1.29, 1.82) is 0 Å². The molecule has 1 fully saturated rings. The third-order valence-corrected chi connectivity index (χ3v) is 5.38. The molecule has 1 aliphatic rings. The lowest BCUT2D eigenvalue weighted by atomic mass is 10.1. The first-order valence-corrected chi connectivity index (χ1v) is 10.1. The van der Waals surface area contributed by atoms with Crippen molar-refractivity contribution in [2.24, 2.45) is 0 Å². The van der Waals surface area contributed by atoms with Crippen molar-refractivity contribution in [3.63, 3.8) is 0 Å². The van der Waals surface area contributed by atoms with Crippen LogP contribution in [0.25, 0.3) is 10.9 Å². The number of nitrogens with zero attached hydrogens (tertiary/aromatic N) is 2. The van der Waals surface area contributed by atoms with E-state index in [1.165, 1.54) is 23.7 Å². The number of rotatable bonds is 6. The Kier molecular flexibility index (Phi) is 5.60. The standard InChI is InChI=1S/C23H25N3O3/c1-16-5-4-8-20-22(16)24-15-26(23(20)28)14-13-21(27)25-17-9-11-19(12-10-17)29-18-6-2-3-7-18/h4-5,8-12,15,18H,2-3,6-7,13-14H2,1H3,(H,25,27). The molecule has 1 saturated carbocycles. The molecule has 6 heteroatoms. The number of nitrogens with one attached hydrogen (secondary N) is 1. The van der Waals surface area contributed by atoms with Gasteiger partial charge in [-0.15, -0.1) is 0 Å². The van der Waals surface area contributed by atoms with E-state index < -0.39 is 0 Å². The van der Waals surface area contributed by atoms with E-state index in [9.17, 15) is 9.59 Å². The summed E-state index contributed by atoms with van der Waals surface area (Å²) in [5, 5.41) is 3.44. The molecule has 1 N–H and O–H groups in total. The summed E-state index contributed by atoms with van der Waals surface area (Å²) in [6.45, 7) is 2.21. The Morgan fingerprint density at radius 3 is 2.69 bits per heavy atom.